The molecule has 22 heavy (non-hydrogen) atoms. The number of hydrogen-bond acceptors (Lipinski definition) is 2. The maximum Gasteiger partial charge on any atom is 0.191 e. The Morgan fingerprint density at radius 3 is 2.50 bits per heavy atom. The first-order valence-electron chi connectivity index (χ1n) is 6.28. The second-order valence-corrected chi connectivity index (χ2v) is 6.48. The smallest absolute Gasteiger partial charge is 0.191 e. The van der Waals surface area contributed by atoms with Gasteiger partial charge in [-0.1, -0.05) is 57.3 Å². The number of nitrogens with one attached hydrogen (secondary N) is 2. The molecule has 0 aromatic heterocycles. The molecule has 0 heterocycles. The fourth-order valence-corrected chi connectivity index (χ4v) is 2.41. The average Bonchev–Trinajstić information content (AvgIpc) is 2.50. The molecule has 7 heteroatoms. The van der Waals surface area contributed by atoms with Gasteiger partial charge in [-0.3, -0.25) is 5.43 Å². The lowest BCUT2D eigenvalue weighted by Gasteiger charge is -2.10. The van der Waals surface area contributed by atoms with Gasteiger partial charge >= 0.3 is 0 Å². The second-order valence-electron chi connectivity index (χ2n) is 4.37. The number of rotatable bonds is 3. The van der Waals surface area contributed by atoms with Gasteiger partial charge in [0, 0.05) is 4.47 Å². The number of halogens is 3. The summed E-state index contributed by atoms with van der Waals surface area (Å²) in [4.78, 5) is 0. The van der Waals surface area contributed by atoms with Gasteiger partial charge in [0.15, 0.2) is 5.11 Å². The molecule has 2 aromatic rings. The molecule has 0 radical (unpaired) electrons. The fourth-order valence-electron chi connectivity index (χ4n) is 1.64. The van der Waals surface area contributed by atoms with Gasteiger partial charge in [0.25, 0.3) is 0 Å². The van der Waals surface area contributed by atoms with E-state index in [-0.39, 0.29) is 0 Å². The van der Waals surface area contributed by atoms with Crippen molar-refractivity contribution >= 4 is 67.9 Å². The first-order chi connectivity index (χ1) is 10.5. The van der Waals surface area contributed by atoms with Crippen molar-refractivity contribution in [3.8, 4) is 0 Å². The SMILES string of the molecule is C/C(=N\NC(=S)Nc1cccc(Cl)c1Cl)c1ccc(Br)cc1. The zero-order chi connectivity index (χ0) is 16.1. The van der Waals surface area contributed by atoms with Crippen LogP contribution in [-0.4, -0.2) is 10.8 Å². The molecule has 0 unspecified atom stereocenters. The number of anilines is 1. The highest BCUT2D eigenvalue weighted by molar-refractivity contribution is 9.10. The summed E-state index contributed by atoms with van der Waals surface area (Å²) in [5.74, 6) is 0. The molecule has 0 amide bonds. The molecule has 0 saturated carbocycles. The number of thiocarbonyl (C=S) groups is 1. The zero-order valence-electron chi connectivity index (χ0n) is 11.5. The van der Waals surface area contributed by atoms with Crippen molar-refractivity contribution in [2.24, 2.45) is 5.10 Å². The molecular formula is C15H12BrCl2N3S. The van der Waals surface area contributed by atoms with E-state index >= 15 is 0 Å². The van der Waals surface area contributed by atoms with E-state index in [9.17, 15) is 0 Å². The summed E-state index contributed by atoms with van der Waals surface area (Å²) < 4.78 is 1.02. The molecule has 2 rings (SSSR count). The molecule has 0 bridgehead atoms. The summed E-state index contributed by atoms with van der Waals surface area (Å²) in [7, 11) is 0. The molecule has 0 spiro atoms. The lowest BCUT2D eigenvalue weighted by molar-refractivity contribution is 1.04. The van der Waals surface area contributed by atoms with E-state index in [0.717, 1.165) is 15.7 Å². The first-order valence-corrected chi connectivity index (χ1v) is 8.24. The predicted molar refractivity (Wildman–Crippen MR) is 102 cm³/mol. The van der Waals surface area contributed by atoms with Crippen LogP contribution in [0, 0.1) is 0 Å². The van der Waals surface area contributed by atoms with E-state index in [0.29, 0.717) is 20.8 Å². The van der Waals surface area contributed by atoms with Gasteiger partial charge in [-0.25, -0.2) is 0 Å². The quantitative estimate of drug-likeness (QED) is 0.395. The number of hydrazone groups is 1. The van der Waals surface area contributed by atoms with Crippen molar-refractivity contribution in [3.05, 3.63) is 62.5 Å². The van der Waals surface area contributed by atoms with Gasteiger partial charge in [-0.05, 0) is 49.0 Å². The summed E-state index contributed by atoms with van der Waals surface area (Å²) in [5.41, 5.74) is 5.23. The number of benzene rings is 2. The van der Waals surface area contributed by atoms with Crippen molar-refractivity contribution < 1.29 is 0 Å². The number of hydrogen-bond donors (Lipinski definition) is 2. The van der Waals surface area contributed by atoms with Crippen LogP contribution >= 0.6 is 51.3 Å². The summed E-state index contributed by atoms with van der Waals surface area (Å²) in [6, 6.07) is 13.1. The van der Waals surface area contributed by atoms with Gasteiger partial charge in [-0.15, -0.1) is 0 Å². The van der Waals surface area contributed by atoms with E-state index in [1.165, 1.54) is 0 Å². The molecular weight excluding hydrogens is 405 g/mol. The van der Waals surface area contributed by atoms with Crippen LogP contribution in [0.5, 0.6) is 0 Å². The Bertz CT molecular complexity index is 717. The minimum atomic E-state index is 0.334. The Balaban J connectivity index is 2.01. The molecule has 0 saturated heterocycles. The summed E-state index contributed by atoms with van der Waals surface area (Å²) in [6.07, 6.45) is 0. The standard InChI is InChI=1S/C15H12BrCl2N3S/c1-9(10-5-7-11(16)8-6-10)20-21-15(22)19-13-4-2-3-12(17)14(13)18/h2-8H,1H3,(H2,19,21,22)/b20-9+. The Morgan fingerprint density at radius 2 is 1.82 bits per heavy atom. The molecule has 2 aromatic carbocycles. The predicted octanol–water partition coefficient (Wildman–Crippen LogP) is 5.47. The fraction of sp³-hybridized carbons (Fsp3) is 0.0667. The zero-order valence-corrected chi connectivity index (χ0v) is 15.4. The van der Waals surface area contributed by atoms with Gasteiger partial charge in [0.05, 0.1) is 21.4 Å². The van der Waals surface area contributed by atoms with Crippen LogP contribution in [0.15, 0.2) is 52.0 Å². The van der Waals surface area contributed by atoms with Crippen molar-refractivity contribution in [1.29, 1.82) is 0 Å². The third-order valence-corrected chi connectivity index (χ3v) is 4.33. The molecule has 0 atom stereocenters. The minimum absolute atomic E-state index is 0.334. The van der Waals surface area contributed by atoms with Crippen molar-refractivity contribution in [2.75, 3.05) is 5.32 Å². The maximum atomic E-state index is 6.09. The highest BCUT2D eigenvalue weighted by atomic mass is 79.9. The minimum Gasteiger partial charge on any atom is -0.330 e. The Morgan fingerprint density at radius 1 is 1.14 bits per heavy atom. The van der Waals surface area contributed by atoms with Crippen LogP contribution < -0.4 is 10.7 Å². The van der Waals surface area contributed by atoms with Crippen molar-refractivity contribution in [2.45, 2.75) is 6.92 Å². The van der Waals surface area contributed by atoms with Crippen LogP contribution in [0.25, 0.3) is 0 Å². The van der Waals surface area contributed by atoms with Crippen molar-refractivity contribution in [3.63, 3.8) is 0 Å². The largest absolute Gasteiger partial charge is 0.330 e. The van der Waals surface area contributed by atoms with Gasteiger partial charge in [0.2, 0.25) is 0 Å². The Labute approximate surface area is 152 Å². The van der Waals surface area contributed by atoms with Crippen LogP contribution in [-0.2, 0) is 0 Å². The van der Waals surface area contributed by atoms with Crippen LogP contribution in [0.2, 0.25) is 10.0 Å². The average molecular weight is 417 g/mol. The van der Waals surface area contributed by atoms with Gasteiger partial charge < -0.3 is 5.32 Å². The first kappa shape index (κ1) is 17.2. The summed E-state index contributed by atoms with van der Waals surface area (Å²) >= 11 is 20.6. The van der Waals surface area contributed by atoms with Crippen molar-refractivity contribution in [1.82, 2.24) is 5.43 Å². The summed E-state index contributed by atoms with van der Waals surface area (Å²) in [6.45, 7) is 1.89. The van der Waals surface area contributed by atoms with Crippen LogP contribution in [0.4, 0.5) is 5.69 Å². The maximum absolute atomic E-state index is 6.09. The van der Waals surface area contributed by atoms with E-state index in [1.54, 1.807) is 18.2 Å². The lowest BCUT2D eigenvalue weighted by Crippen LogP contribution is -2.25. The van der Waals surface area contributed by atoms with E-state index in [1.807, 2.05) is 31.2 Å². The topological polar surface area (TPSA) is 36.4 Å². The highest BCUT2D eigenvalue weighted by Crippen LogP contribution is 2.29. The Hall–Kier alpha value is -1.14. The monoisotopic (exact) mass is 415 g/mol. The van der Waals surface area contributed by atoms with Gasteiger partial charge in [0.1, 0.15) is 0 Å². The molecule has 114 valence electrons. The van der Waals surface area contributed by atoms with E-state index in [2.05, 4.69) is 31.8 Å². The Kier molecular flexibility index (Phi) is 6.20. The molecule has 3 nitrogen and oxygen atoms in total. The summed E-state index contributed by atoms with van der Waals surface area (Å²) in [5, 5.41) is 8.41. The molecule has 0 aliphatic rings. The van der Waals surface area contributed by atoms with Crippen LogP contribution in [0.1, 0.15) is 12.5 Å². The highest BCUT2D eigenvalue weighted by Gasteiger charge is 2.05. The van der Waals surface area contributed by atoms with E-state index in [4.69, 9.17) is 35.4 Å². The molecule has 0 fully saturated rings. The molecule has 0 aliphatic carbocycles. The molecule has 2 N–H and O–H groups in total. The normalized spacial score (nSPS) is 11.2. The third kappa shape index (κ3) is 4.68. The van der Waals surface area contributed by atoms with Crippen LogP contribution in [0.3, 0.4) is 0 Å². The third-order valence-electron chi connectivity index (χ3n) is 2.79. The van der Waals surface area contributed by atoms with Gasteiger partial charge in [-0.2, -0.15) is 5.10 Å². The lowest BCUT2D eigenvalue weighted by atomic mass is 10.1. The second kappa shape index (κ2) is 7.92. The van der Waals surface area contributed by atoms with E-state index < -0.39 is 0 Å². The number of nitrogens with zero attached hydrogens (tertiary/aromatic N) is 1. The molecule has 0 aliphatic heterocycles.